The molecule has 0 aliphatic heterocycles. The molecular formula is C11H12N6. The molecule has 1 N–H and O–H groups in total. The highest BCUT2D eigenvalue weighted by Crippen LogP contribution is 2.14. The van der Waals surface area contributed by atoms with Gasteiger partial charge in [0.15, 0.2) is 5.82 Å². The summed E-state index contributed by atoms with van der Waals surface area (Å²) in [7, 11) is 1.87. The third-order valence-electron chi connectivity index (χ3n) is 2.69. The summed E-state index contributed by atoms with van der Waals surface area (Å²) < 4.78 is 1.72. The Bertz CT molecular complexity index is 638. The summed E-state index contributed by atoms with van der Waals surface area (Å²) >= 11 is 0. The molecule has 0 aliphatic rings. The zero-order chi connectivity index (χ0) is 11.7. The fraction of sp³-hybridized carbons (Fsp3) is 0.273. The molecule has 6 heteroatoms. The summed E-state index contributed by atoms with van der Waals surface area (Å²) in [6, 6.07) is 2.00. The molecule has 3 heterocycles. The molecule has 0 aromatic carbocycles. The number of aryl methyl sites for hydroxylation is 3. The first-order valence-electron chi connectivity index (χ1n) is 5.44. The number of aromatic amines is 1. The summed E-state index contributed by atoms with van der Waals surface area (Å²) in [5, 5.41) is 11.2. The van der Waals surface area contributed by atoms with Crippen molar-refractivity contribution in [3.8, 4) is 0 Å². The molecule has 3 rings (SSSR count). The van der Waals surface area contributed by atoms with Crippen LogP contribution < -0.4 is 0 Å². The Kier molecular flexibility index (Phi) is 2.32. The van der Waals surface area contributed by atoms with Crippen molar-refractivity contribution in [1.82, 2.24) is 29.9 Å². The number of nitrogens with zero attached hydrogens (tertiary/aromatic N) is 5. The average Bonchev–Trinajstić information content (AvgIpc) is 2.94. The second kappa shape index (κ2) is 3.97. The number of pyridine rings is 1. The number of nitrogens with one attached hydrogen (secondary N) is 1. The zero-order valence-corrected chi connectivity index (χ0v) is 9.46. The Balaban J connectivity index is 1.83. The summed E-state index contributed by atoms with van der Waals surface area (Å²) in [6.45, 7) is 0. The van der Waals surface area contributed by atoms with Crippen molar-refractivity contribution < 1.29 is 0 Å². The smallest absolute Gasteiger partial charge is 0.150 e. The van der Waals surface area contributed by atoms with Gasteiger partial charge in [0.2, 0.25) is 0 Å². The predicted molar refractivity (Wildman–Crippen MR) is 62.3 cm³/mol. The van der Waals surface area contributed by atoms with E-state index in [9.17, 15) is 0 Å². The molecule has 0 amide bonds. The normalized spacial score (nSPS) is 11.1. The van der Waals surface area contributed by atoms with Crippen LogP contribution in [0.4, 0.5) is 0 Å². The molecule has 0 atom stereocenters. The predicted octanol–water partition coefficient (Wildman–Crippen LogP) is 0.872. The van der Waals surface area contributed by atoms with E-state index in [2.05, 4.69) is 25.3 Å². The monoisotopic (exact) mass is 228 g/mol. The van der Waals surface area contributed by atoms with Crippen LogP contribution in [-0.4, -0.2) is 29.9 Å². The van der Waals surface area contributed by atoms with Crippen molar-refractivity contribution in [2.75, 3.05) is 0 Å². The van der Waals surface area contributed by atoms with Crippen LogP contribution in [0.2, 0.25) is 0 Å². The fourth-order valence-corrected chi connectivity index (χ4v) is 1.86. The van der Waals surface area contributed by atoms with E-state index >= 15 is 0 Å². The Labute approximate surface area is 97.7 Å². The van der Waals surface area contributed by atoms with Gasteiger partial charge >= 0.3 is 0 Å². The molecule has 3 aromatic heterocycles. The van der Waals surface area contributed by atoms with E-state index in [1.54, 1.807) is 23.4 Å². The lowest BCUT2D eigenvalue weighted by Crippen LogP contribution is -1.97. The molecule has 17 heavy (non-hydrogen) atoms. The molecule has 0 aliphatic carbocycles. The highest BCUT2D eigenvalue weighted by molar-refractivity contribution is 5.76. The highest BCUT2D eigenvalue weighted by atomic mass is 15.3. The molecule has 0 saturated heterocycles. The third-order valence-corrected chi connectivity index (χ3v) is 2.69. The second-order valence-corrected chi connectivity index (χ2v) is 3.93. The molecule has 0 radical (unpaired) electrons. The lowest BCUT2D eigenvalue weighted by molar-refractivity contribution is 0.737. The lowest BCUT2D eigenvalue weighted by atomic mass is 10.1. The van der Waals surface area contributed by atoms with Crippen LogP contribution in [0.1, 0.15) is 11.4 Å². The van der Waals surface area contributed by atoms with E-state index in [0.717, 1.165) is 29.7 Å². The minimum absolute atomic E-state index is 0.818. The van der Waals surface area contributed by atoms with E-state index in [-0.39, 0.29) is 0 Å². The molecule has 86 valence electrons. The van der Waals surface area contributed by atoms with E-state index in [0.29, 0.717) is 0 Å². The molecule has 6 nitrogen and oxygen atoms in total. The van der Waals surface area contributed by atoms with E-state index in [1.165, 1.54) is 5.56 Å². The summed E-state index contributed by atoms with van der Waals surface area (Å²) in [5.74, 6) is 0.858. The van der Waals surface area contributed by atoms with Gasteiger partial charge < -0.3 is 0 Å². The van der Waals surface area contributed by atoms with Gasteiger partial charge in [-0.1, -0.05) is 0 Å². The molecule has 0 saturated carbocycles. The van der Waals surface area contributed by atoms with Crippen LogP contribution in [0.5, 0.6) is 0 Å². The summed E-state index contributed by atoms with van der Waals surface area (Å²) in [6.07, 6.45) is 6.95. The summed E-state index contributed by atoms with van der Waals surface area (Å²) in [5.41, 5.74) is 3.10. The van der Waals surface area contributed by atoms with Crippen molar-refractivity contribution in [2.45, 2.75) is 12.8 Å². The van der Waals surface area contributed by atoms with Crippen LogP contribution in [0, 0.1) is 0 Å². The number of fused-ring (bicyclic) bond motifs is 1. The average molecular weight is 228 g/mol. The van der Waals surface area contributed by atoms with Gasteiger partial charge in [0.05, 0.1) is 11.7 Å². The van der Waals surface area contributed by atoms with Crippen LogP contribution in [0.25, 0.3) is 11.0 Å². The minimum Gasteiger partial charge on any atom is -0.276 e. The van der Waals surface area contributed by atoms with Crippen LogP contribution in [0.15, 0.2) is 24.8 Å². The Hall–Kier alpha value is -2.24. The largest absolute Gasteiger partial charge is 0.276 e. The van der Waals surface area contributed by atoms with Crippen molar-refractivity contribution in [3.63, 3.8) is 0 Å². The number of rotatable bonds is 3. The van der Waals surface area contributed by atoms with Gasteiger partial charge in [-0.3, -0.25) is 14.8 Å². The van der Waals surface area contributed by atoms with Gasteiger partial charge in [0.25, 0.3) is 0 Å². The third kappa shape index (κ3) is 1.89. The number of hydrogen-bond acceptors (Lipinski definition) is 4. The molecular weight excluding hydrogens is 216 g/mol. The molecule has 0 fully saturated rings. The molecule has 0 spiro atoms. The van der Waals surface area contributed by atoms with Gasteiger partial charge in [0, 0.05) is 19.7 Å². The van der Waals surface area contributed by atoms with Crippen LogP contribution >= 0.6 is 0 Å². The van der Waals surface area contributed by atoms with Crippen LogP contribution in [0.3, 0.4) is 0 Å². The standard InChI is InChI=1S/C11H12N6/c1-17-7-13-10(16-17)3-2-8-4-5-12-9-6-14-15-11(8)9/h4-7H,2-3H2,1H3,(H,14,15). The summed E-state index contributed by atoms with van der Waals surface area (Å²) in [4.78, 5) is 8.44. The van der Waals surface area contributed by atoms with E-state index in [1.807, 2.05) is 13.1 Å². The first kappa shape index (κ1) is 9.95. The highest BCUT2D eigenvalue weighted by Gasteiger charge is 2.05. The molecule has 3 aromatic rings. The number of H-pyrrole nitrogens is 1. The lowest BCUT2D eigenvalue weighted by Gasteiger charge is -1.99. The Morgan fingerprint density at radius 3 is 3.06 bits per heavy atom. The maximum atomic E-state index is 4.26. The SMILES string of the molecule is Cn1cnc(CCc2ccnc3cn[nH]c23)n1. The number of hydrogen-bond donors (Lipinski definition) is 1. The first-order chi connectivity index (χ1) is 8.33. The fourth-order valence-electron chi connectivity index (χ4n) is 1.86. The minimum atomic E-state index is 0.818. The van der Waals surface area contributed by atoms with Crippen molar-refractivity contribution in [1.29, 1.82) is 0 Å². The van der Waals surface area contributed by atoms with E-state index in [4.69, 9.17) is 0 Å². The van der Waals surface area contributed by atoms with Gasteiger partial charge in [0.1, 0.15) is 11.8 Å². The zero-order valence-electron chi connectivity index (χ0n) is 9.46. The van der Waals surface area contributed by atoms with Gasteiger partial charge in [-0.15, -0.1) is 0 Å². The van der Waals surface area contributed by atoms with Crippen molar-refractivity contribution in [3.05, 3.63) is 36.2 Å². The molecule has 0 unspecified atom stereocenters. The van der Waals surface area contributed by atoms with Crippen LogP contribution in [-0.2, 0) is 19.9 Å². The number of aromatic nitrogens is 6. The van der Waals surface area contributed by atoms with Crippen molar-refractivity contribution >= 4 is 11.0 Å². The first-order valence-corrected chi connectivity index (χ1v) is 5.44. The quantitative estimate of drug-likeness (QED) is 0.722. The Morgan fingerprint density at radius 2 is 2.24 bits per heavy atom. The van der Waals surface area contributed by atoms with E-state index < -0.39 is 0 Å². The molecule has 0 bridgehead atoms. The van der Waals surface area contributed by atoms with Gasteiger partial charge in [-0.2, -0.15) is 10.2 Å². The maximum Gasteiger partial charge on any atom is 0.150 e. The second-order valence-electron chi connectivity index (χ2n) is 3.93. The van der Waals surface area contributed by atoms with Gasteiger partial charge in [-0.25, -0.2) is 4.98 Å². The maximum absolute atomic E-state index is 4.26. The van der Waals surface area contributed by atoms with Crippen molar-refractivity contribution in [2.24, 2.45) is 7.05 Å². The van der Waals surface area contributed by atoms with Gasteiger partial charge in [-0.05, 0) is 18.1 Å². The topological polar surface area (TPSA) is 72.3 Å². The Morgan fingerprint density at radius 1 is 1.29 bits per heavy atom.